The van der Waals surface area contributed by atoms with Crippen molar-refractivity contribution >= 4 is 21.8 Å². The largest absolute Gasteiger partial charge is 0.383 e. The summed E-state index contributed by atoms with van der Waals surface area (Å²) in [7, 11) is 1.59. The van der Waals surface area contributed by atoms with Crippen LogP contribution in [0.3, 0.4) is 0 Å². The first-order chi connectivity index (χ1) is 9.10. The Hall–Kier alpha value is -1.38. The standard InChI is InChI=1S/C14H17BrN2O2/c1-11-4-5-12(13(15)10-11)14(18)17(7-3-6-16)8-9-19-2/h4-5,10H,3,7-9H2,1-2H3. The Labute approximate surface area is 122 Å². The number of halogens is 1. The SMILES string of the molecule is COCCN(CCC#N)C(=O)c1ccc(C)cc1Br. The Morgan fingerprint density at radius 1 is 1.47 bits per heavy atom. The van der Waals surface area contributed by atoms with E-state index in [1.54, 1.807) is 18.1 Å². The Bertz CT molecular complexity index is 483. The van der Waals surface area contributed by atoms with Crippen molar-refractivity contribution in [3.63, 3.8) is 0 Å². The van der Waals surface area contributed by atoms with E-state index in [1.165, 1.54) is 0 Å². The van der Waals surface area contributed by atoms with Crippen molar-refractivity contribution < 1.29 is 9.53 Å². The predicted octanol–water partition coefficient (Wildman–Crippen LogP) is 2.76. The number of carbonyl (C=O) groups is 1. The number of amides is 1. The average molecular weight is 325 g/mol. The molecule has 0 heterocycles. The van der Waals surface area contributed by atoms with E-state index < -0.39 is 0 Å². The highest BCUT2D eigenvalue weighted by Crippen LogP contribution is 2.20. The highest BCUT2D eigenvalue weighted by molar-refractivity contribution is 9.10. The molecule has 4 nitrogen and oxygen atoms in total. The van der Waals surface area contributed by atoms with Gasteiger partial charge in [0.1, 0.15) is 0 Å². The van der Waals surface area contributed by atoms with Crippen molar-refractivity contribution in [2.24, 2.45) is 0 Å². The fraction of sp³-hybridized carbons (Fsp3) is 0.429. The Balaban J connectivity index is 2.88. The van der Waals surface area contributed by atoms with Crippen LogP contribution in [0.25, 0.3) is 0 Å². The number of nitrogens with zero attached hydrogens (tertiary/aromatic N) is 2. The van der Waals surface area contributed by atoms with Crippen LogP contribution in [0, 0.1) is 18.3 Å². The first-order valence-electron chi connectivity index (χ1n) is 6.01. The third-order valence-electron chi connectivity index (χ3n) is 2.70. The number of aryl methyl sites for hydroxylation is 1. The maximum absolute atomic E-state index is 12.4. The van der Waals surface area contributed by atoms with E-state index >= 15 is 0 Å². The van der Waals surface area contributed by atoms with Crippen LogP contribution in [-0.2, 0) is 4.74 Å². The fourth-order valence-electron chi connectivity index (χ4n) is 1.67. The van der Waals surface area contributed by atoms with E-state index in [2.05, 4.69) is 22.0 Å². The monoisotopic (exact) mass is 324 g/mol. The number of carbonyl (C=O) groups excluding carboxylic acids is 1. The van der Waals surface area contributed by atoms with E-state index in [4.69, 9.17) is 10.00 Å². The zero-order valence-corrected chi connectivity index (χ0v) is 12.7. The Morgan fingerprint density at radius 3 is 2.79 bits per heavy atom. The van der Waals surface area contributed by atoms with E-state index in [0.29, 0.717) is 31.7 Å². The normalized spacial score (nSPS) is 10.0. The van der Waals surface area contributed by atoms with Gasteiger partial charge in [0, 0.05) is 24.7 Å². The molecule has 1 aromatic rings. The van der Waals surface area contributed by atoms with Crippen molar-refractivity contribution in [2.75, 3.05) is 26.8 Å². The molecule has 0 saturated heterocycles. The van der Waals surface area contributed by atoms with Crippen LogP contribution < -0.4 is 0 Å². The molecule has 0 bridgehead atoms. The number of methoxy groups -OCH3 is 1. The van der Waals surface area contributed by atoms with Gasteiger partial charge in [-0.1, -0.05) is 6.07 Å². The van der Waals surface area contributed by atoms with E-state index in [1.807, 2.05) is 19.1 Å². The first-order valence-corrected chi connectivity index (χ1v) is 6.80. The van der Waals surface area contributed by atoms with Crippen LogP contribution >= 0.6 is 15.9 Å². The summed E-state index contributed by atoms with van der Waals surface area (Å²) in [5, 5.41) is 8.66. The smallest absolute Gasteiger partial charge is 0.255 e. The van der Waals surface area contributed by atoms with Gasteiger partial charge in [0.2, 0.25) is 0 Å². The number of rotatable bonds is 6. The minimum absolute atomic E-state index is 0.0841. The summed E-state index contributed by atoms with van der Waals surface area (Å²) in [6, 6.07) is 7.67. The molecule has 19 heavy (non-hydrogen) atoms. The highest BCUT2D eigenvalue weighted by Gasteiger charge is 2.17. The molecule has 102 valence electrons. The lowest BCUT2D eigenvalue weighted by molar-refractivity contribution is 0.0699. The van der Waals surface area contributed by atoms with E-state index in [9.17, 15) is 4.79 Å². The van der Waals surface area contributed by atoms with Gasteiger partial charge in [-0.25, -0.2) is 0 Å². The summed E-state index contributed by atoms with van der Waals surface area (Å²) in [4.78, 5) is 14.1. The molecular formula is C14H17BrN2O2. The van der Waals surface area contributed by atoms with Gasteiger partial charge in [-0.05, 0) is 40.5 Å². The minimum Gasteiger partial charge on any atom is -0.383 e. The van der Waals surface area contributed by atoms with Crippen molar-refractivity contribution in [2.45, 2.75) is 13.3 Å². The molecule has 1 rings (SSSR count). The molecule has 1 amide bonds. The molecular weight excluding hydrogens is 308 g/mol. The van der Waals surface area contributed by atoms with Crippen LogP contribution in [0.5, 0.6) is 0 Å². The van der Waals surface area contributed by atoms with Crippen molar-refractivity contribution in [3.05, 3.63) is 33.8 Å². The number of hydrogen-bond acceptors (Lipinski definition) is 3. The molecule has 0 radical (unpaired) electrons. The average Bonchev–Trinajstić information content (AvgIpc) is 2.38. The lowest BCUT2D eigenvalue weighted by Gasteiger charge is -2.22. The number of benzene rings is 1. The van der Waals surface area contributed by atoms with Crippen LogP contribution in [0.1, 0.15) is 22.3 Å². The summed E-state index contributed by atoms with van der Waals surface area (Å²) in [5.41, 5.74) is 1.70. The molecule has 0 aliphatic rings. The molecule has 5 heteroatoms. The van der Waals surface area contributed by atoms with E-state index in [-0.39, 0.29) is 5.91 Å². The van der Waals surface area contributed by atoms with Crippen LogP contribution in [-0.4, -0.2) is 37.6 Å². The fourth-order valence-corrected chi connectivity index (χ4v) is 2.33. The topological polar surface area (TPSA) is 53.3 Å². The van der Waals surface area contributed by atoms with Crippen LogP contribution in [0.2, 0.25) is 0 Å². The number of nitriles is 1. The van der Waals surface area contributed by atoms with Gasteiger partial charge < -0.3 is 9.64 Å². The second-order valence-corrected chi connectivity index (χ2v) is 5.03. The summed E-state index contributed by atoms with van der Waals surface area (Å²) >= 11 is 3.41. The summed E-state index contributed by atoms with van der Waals surface area (Å²) in [5.74, 6) is -0.0841. The third-order valence-corrected chi connectivity index (χ3v) is 3.36. The van der Waals surface area contributed by atoms with Gasteiger partial charge >= 0.3 is 0 Å². The highest BCUT2D eigenvalue weighted by atomic mass is 79.9. The second-order valence-electron chi connectivity index (χ2n) is 4.18. The first kappa shape index (κ1) is 15.7. The quantitative estimate of drug-likeness (QED) is 0.808. The van der Waals surface area contributed by atoms with Gasteiger partial charge in [-0.15, -0.1) is 0 Å². The summed E-state index contributed by atoms with van der Waals surface area (Å²) in [6.45, 7) is 3.33. The van der Waals surface area contributed by atoms with Crippen molar-refractivity contribution in [1.29, 1.82) is 5.26 Å². The summed E-state index contributed by atoms with van der Waals surface area (Å²) < 4.78 is 5.77. The third kappa shape index (κ3) is 4.66. The van der Waals surface area contributed by atoms with Gasteiger partial charge in [0.15, 0.2) is 0 Å². The van der Waals surface area contributed by atoms with Crippen LogP contribution in [0.15, 0.2) is 22.7 Å². The lowest BCUT2D eigenvalue weighted by Crippen LogP contribution is -2.34. The molecule has 0 spiro atoms. The molecule has 0 aliphatic heterocycles. The second kappa shape index (κ2) is 7.93. The van der Waals surface area contributed by atoms with Gasteiger partial charge in [0.25, 0.3) is 5.91 Å². The molecule has 0 aliphatic carbocycles. The van der Waals surface area contributed by atoms with Crippen LogP contribution in [0.4, 0.5) is 0 Å². The molecule has 1 aromatic carbocycles. The zero-order chi connectivity index (χ0) is 14.3. The number of ether oxygens (including phenoxy) is 1. The van der Waals surface area contributed by atoms with Gasteiger partial charge in [-0.2, -0.15) is 5.26 Å². The maximum Gasteiger partial charge on any atom is 0.255 e. The minimum atomic E-state index is -0.0841. The molecule has 0 saturated carbocycles. The van der Waals surface area contributed by atoms with Gasteiger partial charge in [0.05, 0.1) is 24.7 Å². The molecule has 0 atom stereocenters. The lowest BCUT2D eigenvalue weighted by atomic mass is 10.1. The van der Waals surface area contributed by atoms with Crippen molar-refractivity contribution in [1.82, 2.24) is 4.90 Å². The van der Waals surface area contributed by atoms with Gasteiger partial charge in [-0.3, -0.25) is 4.79 Å². The number of hydrogen-bond donors (Lipinski definition) is 0. The summed E-state index contributed by atoms with van der Waals surface area (Å²) in [6.07, 6.45) is 0.318. The van der Waals surface area contributed by atoms with E-state index in [0.717, 1.165) is 10.0 Å². The predicted molar refractivity (Wildman–Crippen MR) is 76.9 cm³/mol. The molecule has 0 aromatic heterocycles. The molecule has 0 N–H and O–H groups in total. The van der Waals surface area contributed by atoms with Crippen molar-refractivity contribution in [3.8, 4) is 6.07 Å². The zero-order valence-electron chi connectivity index (χ0n) is 11.1. The molecule has 0 fully saturated rings. The Morgan fingerprint density at radius 2 is 2.21 bits per heavy atom. The molecule has 0 unspecified atom stereocenters. The maximum atomic E-state index is 12.4. The Kier molecular flexibility index (Phi) is 6.54.